The maximum absolute atomic E-state index is 12.7. The van der Waals surface area contributed by atoms with Crippen molar-refractivity contribution in [2.45, 2.75) is 38.6 Å². The van der Waals surface area contributed by atoms with Gasteiger partial charge in [0, 0.05) is 20.1 Å². The van der Waals surface area contributed by atoms with Crippen molar-refractivity contribution in [2.75, 3.05) is 20.6 Å². The number of benzene rings is 1. The lowest BCUT2D eigenvalue weighted by Crippen LogP contribution is -2.31. The molecule has 0 saturated carbocycles. The van der Waals surface area contributed by atoms with Crippen LogP contribution < -0.4 is 5.32 Å². The molecule has 0 unspecified atom stereocenters. The Kier molecular flexibility index (Phi) is 6.17. The third-order valence-corrected chi connectivity index (χ3v) is 5.11. The first-order valence-corrected chi connectivity index (χ1v) is 8.49. The number of hydrogen-bond acceptors (Lipinski definition) is 3. The molecular formula is C15H26N2O2S. The van der Waals surface area contributed by atoms with Gasteiger partial charge in [0.25, 0.3) is 0 Å². The van der Waals surface area contributed by atoms with Gasteiger partial charge in [0.15, 0.2) is 0 Å². The van der Waals surface area contributed by atoms with Crippen molar-refractivity contribution in [3.63, 3.8) is 0 Å². The summed E-state index contributed by atoms with van der Waals surface area (Å²) in [5.74, 6) is 0.306. The zero-order valence-corrected chi connectivity index (χ0v) is 13.9. The van der Waals surface area contributed by atoms with Gasteiger partial charge in [-0.15, -0.1) is 0 Å². The van der Waals surface area contributed by atoms with Crippen molar-refractivity contribution in [3.8, 4) is 0 Å². The van der Waals surface area contributed by atoms with E-state index in [0.717, 1.165) is 11.1 Å². The summed E-state index contributed by atoms with van der Waals surface area (Å²) in [4.78, 5) is 0.441. The van der Waals surface area contributed by atoms with E-state index in [-0.39, 0.29) is 0 Å². The van der Waals surface area contributed by atoms with Gasteiger partial charge in [0.2, 0.25) is 10.0 Å². The van der Waals surface area contributed by atoms with Gasteiger partial charge in [0.1, 0.15) is 0 Å². The molecule has 0 bridgehead atoms. The second-order valence-electron chi connectivity index (χ2n) is 5.51. The van der Waals surface area contributed by atoms with Crippen molar-refractivity contribution in [1.82, 2.24) is 9.62 Å². The number of nitrogens with zero attached hydrogens (tertiary/aromatic N) is 1. The normalized spacial score (nSPS) is 12.3. The van der Waals surface area contributed by atoms with Gasteiger partial charge in [-0.2, -0.15) is 0 Å². The summed E-state index contributed by atoms with van der Waals surface area (Å²) in [6.07, 6.45) is 0.712. The van der Waals surface area contributed by atoms with E-state index in [1.807, 2.05) is 40.0 Å². The molecule has 0 aliphatic heterocycles. The molecule has 0 amide bonds. The summed E-state index contributed by atoms with van der Waals surface area (Å²) in [5.41, 5.74) is 1.86. The fourth-order valence-corrected chi connectivity index (χ4v) is 3.90. The summed E-state index contributed by atoms with van der Waals surface area (Å²) in [6.45, 7) is 7.21. The molecule has 0 aliphatic carbocycles. The highest BCUT2D eigenvalue weighted by atomic mass is 32.2. The molecule has 20 heavy (non-hydrogen) atoms. The van der Waals surface area contributed by atoms with Crippen LogP contribution in [-0.4, -0.2) is 33.4 Å². The highest BCUT2D eigenvalue weighted by Crippen LogP contribution is 2.22. The van der Waals surface area contributed by atoms with Crippen molar-refractivity contribution in [1.29, 1.82) is 0 Å². The molecule has 114 valence electrons. The minimum Gasteiger partial charge on any atom is -0.316 e. The largest absolute Gasteiger partial charge is 0.316 e. The van der Waals surface area contributed by atoms with Gasteiger partial charge >= 0.3 is 0 Å². The molecule has 1 rings (SSSR count). The zero-order valence-electron chi connectivity index (χ0n) is 13.1. The summed E-state index contributed by atoms with van der Waals surface area (Å²) in [6, 6.07) is 5.70. The summed E-state index contributed by atoms with van der Waals surface area (Å²) in [5, 5.41) is 3.05. The van der Waals surface area contributed by atoms with E-state index in [9.17, 15) is 8.42 Å². The van der Waals surface area contributed by atoms with Crippen LogP contribution in [0.25, 0.3) is 0 Å². The Morgan fingerprint density at radius 3 is 2.45 bits per heavy atom. The standard InChI is InChI=1S/C15H26N2O2S/c1-6-14-8-7-13(10-16-4)9-15(14)20(18,19)17(5)11-12(2)3/h7-9,12,16H,6,10-11H2,1-5H3. The lowest BCUT2D eigenvalue weighted by atomic mass is 10.1. The average molecular weight is 298 g/mol. The maximum atomic E-state index is 12.7. The third-order valence-electron chi connectivity index (χ3n) is 3.20. The Morgan fingerprint density at radius 2 is 1.95 bits per heavy atom. The predicted octanol–water partition coefficient (Wildman–Crippen LogP) is 2.24. The van der Waals surface area contributed by atoms with Gasteiger partial charge in [-0.05, 0) is 36.6 Å². The summed E-state index contributed by atoms with van der Waals surface area (Å²) < 4.78 is 26.9. The highest BCUT2D eigenvalue weighted by Gasteiger charge is 2.24. The average Bonchev–Trinajstić information content (AvgIpc) is 2.38. The second kappa shape index (κ2) is 7.20. The van der Waals surface area contributed by atoms with E-state index < -0.39 is 10.0 Å². The van der Waals surface area contributed by atoms with E-state index in [0.29, 0.717) is 30.3 Å². The molecule has 5 heteroatoms. The lowest BCUT2D eigenvalue weighted by molar-refractivity contribution is 0.416. The maximum Gasteiger partial charge on any atom is 0.243 e. The SMILES string of the molecule is CCc1ccc(CNC)cc1S(=O)(=O)N(C)CC(C)C. The number of hydrogen-bond donors (Lipinski definition) is 1. The monoisotopic (exact) mass is 298 g/mol. The Morgan fingerprint density at radius 1 is 1.30 bits per heavy atom. The number of sulfonamides is 1. The Hall–Kier alpha value is -0.910. The van der Waals surface area contributed by atoms with Crippen LogP contribution in [0.2, 0.25) is 0 Å². The van der Waals surface area contributed by atoms with Gasteiger partial charge in [-0.1, -0.05) is 32.9 Å². The molecule has 0 aromatic heterocycles. The van der Waals surface area contributed by atoms with Crippen LogP contribution in [-0.2, 0) is 23.0 Å². The molecule has 0 aliphatic rings. The second-order valence-corrected chi connectivity index (χ2v) is 7.52. The summed E-state index contributed by atoms with van der Waals surface area (Å²) >= 11 is 0. The summed E-state index contributed by atoms with van der Waals surface area (Å²) in [7, 11) is 0.0942. The Bertz CT molecular complexity index is 539. The molecule has 4 nitrogen and oxygen atoms in total. The van der Waals surface area contributed by atoms with Crippen LogP contribution in [0.3, 0.4) is 0 Å². The van der Waals surface area contributed by atoms with Crippen LogP contribution in [0.15, 0.2) is 23.1 Å². The van der Waals surface area contributed by atoms with E-state index in [4.69, 9.17) is 0 Å². The minimum absolute atomic E-state index is 0.306. The van der Waals surface area contributed by atoms with E-state index in [2.05, 4.69) is 5.32 Å². The molecule has 0 heterocycles. The lowest BCUT2D eigenvalue weighted by Gasteiger charge is -2.21. The minimum atomic E-state index is -3.41. The Balaban J connectivity index is 3.24. The van der Waals surface area contributed by atoms with Crippen LogP contribution in [0.5, 0.6) is 0 Å². The molecule has 0 radical (unpaired) electrons. The van der Waals surface area contributed by atoms with Crippen molar-refractivity contribution >= 4 is 10.0 Å². The molecule has 1 aromatic rings. The third kappa shape index (κ3) is 4.04. The molecule has 0 saturated heterocycles. The van der Waals surface area contributed by atoms with Crippen LogP contribution >= 0.6 is 0 Å². The molecule has 0 spiro atoms. The van der Waals surface area contributed by atoms with Gasteiger partial charge in [0.05, 0.1) is 4.90 Å². The molecular weight excluding hydrogens is 272 g/mol. The zero-order chi connectivity index (χ0) is 15.3. The fourth-order valence-electron chi connectivity index (χ4n) is 2.23. The molecule has 1 aromatic carbocycles. The highest BCUT2D eigenvalue weighted by molar-refractivity contribution is 7.89. The van der Waals surface area contributed by atoms with Gasteiger partial charge in [-0.3, -0.25) is 0 Å². The first-order valence-electron chi connectivity index (χ1n) is 7.05. The van der Waals surface area contributed by atoms with Crippen molar-refractivity contribution < 1.29 is 8.42 Å². The van der Waals surface area contributed by atoms with Crippen LogP contribution in [0.1, 0.15) is 31.9 Å². The van der Waals surface area contributed by atoms with Crippen molar-refractivity contribution in [3.05, 3.63) is 29.3 Å². The van der Waals surface area contributed by atoms with Gasteiger partial charge < -0.3 is 5.32 Å². The molecule has 1 N–H and O–H groups in total. The number of aryl methyl sites for hydroxylation is 1. The number of rotatable bonds is 7. The van der Waals surface area contributed by atoms with E-state index in [1.165, 1.54) is 4.31 Å². The molecule has 0 fully saturated rings. The predicted molar refractivity (Wildman–Crippen MR) is 83.2 cm³/mol. The van der Waals surface area contributed by atoms with Crippen LogP contribution in [0, 0.1) is 5.92 Å². The first-order chi connectivity index (χ1) is 9.32. The quantitative estimate of drug-likeness (QED) is 0.840. The van der Waals surface area contributed by atoms with Crippen LogP contribution in [0.4, 0.5) is 0 Å². The molecule has 0 atom stereocenters. The van der Waals surface area contributed by atoms with E-state index in [1.54, 1.807) is 13.1 Å². The number of nitrogens with one attached hydrogen (secondary N) is 1. The van der Waals surface area contributed by atoms with E-state index >= 15 is 0 Å². The topological polar surface area (TPSA) is 49.4 Å². The fraction of sp³-hybridized carbons (Fsp3) is 0.600. The van der Waals surface area contributed by atoms with Gasteiger partial charge in [-0.25, -0.2) is 12.7 Å². The first kappa shape index (κ1) is 17.1. The van der Waals surface area contributed by atoms with Crippen molar-refractivity contribution in [2.24, 2.45) is 5.92 Å². The smallest absolute Gasteiger partial charge is 0.243 e. The Labute approximate surface area is 123 Å².